The fraction of sp³-hybridized carbons (Fsp3) is 0.529. The average Bonchev–Trinajstić information content (AvgIpc) is 3.27. The van der Waals surface area contributed by atoms with Crippen molar-refractivity contribution >= 4 is 28.3 Å². The SMILES string of the molecule is C=CC(=O)N(Cc1ccccc1)OCC#Cc1cn([C@@H]2O[C@H](CO[Si](C)(C)C(C)(C)C)[C@@H](O[Si](C)(C)C(C)(C)C)C2=N)c(=O)[nH]c1=O. The Labute approximate surface area is 280 Å². The van der Waals surface area contributed by atoms with Crippen molar-refractivity contribution in [3.8, 4) is 11.8 Å². The van der Waals surface area contributed by atoms with Crippen LogP contribution in [0.2, 0.25) is 36.3 Å². The van der Waals surface area contributed by atoms with E-state index in [0.29, 0.717) is 0 Å². The lowest BCUT2D eigenvalue weighted by Gasteiger charge is -2.40. The fourth-order valence-electron chi connectivity index (χ4n) is 4.16. The van der Waals surface area contributed by atoms with Crippen molar-refractivity contribution in [2.75, 3.05) is 13.2 Å². The predicted molar refractivity (Wildman–Crippen MR) is 188 cm³/mol. The van der Waals surface area contributed by atoms with Crippen LogP contribution in [0.3, 0.4) is 0 Å². The van der Waals surface area contributed by atoms with E-state index in [-0.39, 0.29) is 41.1 Å². The van der Waals surface area contributed by atoms with Gasteiger partial charge in [0.15, 0.2) is 22.9 Å². The van der Waals surface area contributed by atoms with E-state index in [2.05, 4.69) is 91.1 Å². The number of hydroxylamine groups is 2. The highest BCUT2D eigenvalue weighted by Crippen LogP contribution is 2.41. The summed E-state index contributed by atoms with van der Waals surface area (Å²) in [5.41, 5.74) is -0.554. The van der Waals surface area contributed by atoms with Crippen LogP contribution in [0.4, 0.5) is 0 Å². The molecule has 0 saturated carbocycles. The molecule has 1 aromatic carbocycles. The first-order valence-electron chi connectivity index (χ1n) is 15.7. The second-order valence-corrected chi connectivity index (χ2v) is 24.3. The Balaban J connectivity index is 1.88. The molecule has 1 aliphatic rings. The highest BCUT2D eigenvalue weighted by molar-refractivity contribution is 6.74. The number of hydrogen-bond donors (Lipinski definition) is 2. The van der Waals surface area contributed by atoms with Gasteiger partial charge >= 0.3 is 5.69 Å². The van der Waals surface area contributed by atoms with Crippen LogP contribution < -0.4 is 11.2 Å². The molecule has 1 aliphatic heterocycles. The third-order valence-corrected chi connectivity index (χ3v) is 18.1. The van der Waals surface area contributed by atoms with E-state index in [1.165, 1.54) is 6.20 Å². The lowest BCUT2D eigenvalue weighted by molar-refractivity contribution is -0.179. The quantitative estimate of drug-likeness (QED) is 0.141. The zero-order valence-corrected chi connectivity index (χ0v) is 31.4. The van der Waals surface area contributed by atoms with Gasteiger partial charge in [0.25, 0.3) is 11.5 Å². The van der Waals surface area contributed by atoms with Crippen LogP contribution >= 0.6 is 0 Å². The summed E-state index contributed by atoms with van der Waals surface area (Å²) in [7, 11) is -4.55. The van der Waals surface area contributed by atoms with Gasteiger partial charge in [-0.25, -0.2) is 9.86 Å². The van der Waals surface area contributed by atoms with E-state index in [1.807, 2.05) is 30.3 Å². The van der Waals surface area contributed by atoms with Crippen molar-refractivity contribution in [3.05, 3.63) is 81.1 Å². The number of hydrogen-bond acceptors (Lipinski definition) is 8. The van der Waals surface area contributed by atoms with Gasteiger partial charge in [-0.3, -0.25) is 24.0 Å². The van der Waals surface area contributed by atoms with E-state index < -0.39 is 52.2 Å². The number of amides is 1. The normalized spacial score (nSPS) is 18.9. The number of ether oxygens (including phenoxy) is 1. The van der Waals surface area contributed by atoms with E-state index in [9.17, 15) is 14.4 Å². The molecule has 3 atom stereocenters. The molecular weight excluding hydrogens is 633 g/mol. The summed E-state index contributed by atoms with van der Waals surface area (Å²) in [5, 5.41) is 10.1. The van der Waals surface area contributed by atoms with Crippen LogP contribution in [0.15, 0.2) is 58.8 Å². The Kier molecular flexibility index (Phi) is 12.0. The molecule has 0 radical (unpaired) electrons. The van der Waals surface area contributed by atoms with Crippen molar-refractivity contribution in [3.63, 3.8) is 0 Å². The van der Waals surface area contributed by atoms with Gasteiger partial charge in [-0.15, -0.1) is 0 Å². The van der Waals surface area contributed by atoms with Gasteiger partial charge in [-0.2, -0.15) is 0 Å². The van der Waals surface area contributed by atoms with Gasteiger partial charge in [0.2, 0.25) is 0 Å². The number of nitrogens with one attached hydrogen (secondary N) is 2. The Morgan fingerprint density at radius 2 is 1.70 bits per heavy atom. The topological polar surface area (TPSA) is 136 Å². The maximum Gasteiger partial charge on any atom is 0.330 e. The minimum atomic E-state index is -2.38. The summed E-state index contributed by atoms with van der Waals surface area (Å²) in [4.78, 5) is 46.0. The van der Waals surface area contributed by atoms with Crippen LogP contribution in [-0.2, 0) is 29.8 Å². The molecule has 47 heavy (non-hydrogen) atoms. The number of carbonyl (C=O) groups excluding carboxylic acids is 1. The zero-order valence-electron chi connectivity index (χ0n) is 29.4. The van der Waals surface area contributed by atoms with Gasteiger partial charge in [-0.1, -0.05) is 90.3 Å². The predicted octanol–water partition coefficient (Wildman–Crippen LogP) is 5.36. The van der Waals surface area contributed by atoms with Crippen LogP contribution in [0, 0.1) is 17.3 Å². The third kappa shape index (κ3) is 9.37. The Morgan fingerprint density at radius 1 is 1.09 bits per heavy atom. The summed E-state index contributed by atoms with van der Waals surface area (Å²) in [6.45, 7) is 25.0. The van der Waals surface area contributed by atoms with Crippen molar-refractivity contribution in [1.29, 1.82) is 5.41 Å². The van der Waals surface area contributed by atoms with Gasteiger partial charge in [0.1, 0.15) is 24.4 Å². The van der Waals surface area contributed by atoms with Crippen molar-refractivity contribution < 1.29 is 23.2 Å². The number of H-pyrrole nitrogens is 1. The first-order valence-corrected chi connectivity index (χ1v) is 21.5. The zero-order chi connectivity index (χ0) is 35.4. The molecule has 2 heterocycles. The number of aromatic nitrogens is 2. The van der Waals surface area contributed by atoms with Gasteiger partial charge < -0.3 is 19.0 Å². The molecule has 1 aromatic heterocycles. The van der Waals surface area contributed by atoms with Gasteiger partial charge in [0, 0.05) is 6.20 Å². The number of benzene rings is 1. The van der Waals surface area contributed by atoms with Crippen LogP contribution in [0.5, 0.6) is 0 Å². The highest BCUT2D eigenvalue weighted by Gasteiger charge is 2.49. The number of nitrogens with zero attached hydrogens (tertiary/aromatic N) is 2. The molecular formula is C34H50N4O7Si2. The summed E-state index contributed by atoms with van der Waals surface area (Å²) in [6.07, 6.45) is -0.101. The lowest BCUT2D eigenvalue weighted by atomic mass is 10.1. The second kappa shape index (κ2) is 14.8. The van der Waals surface area contributed by atoms with Crippen LogP contribution in [0.1, 0.15) is 58.9 Å². The fourth-order valence-corrected chi connectivity index (χ4v) is 6.44. The molecule has 1 fully saturated rings. The number of rotatable bonds is 11. The molecule has 1 amide bonds. The Bertz CT molecular complexity index is 1630. The maximum absolute atomic E-state index is 13.1. The maximum atomic E-state index is 13.1. The lowest BCUT2D eigenvalue weighted by Crippen LogP contribution is -2.50. The van der Waals surface area contributed by atoms with E-state index in [1.54, 1.807) is 0 Å². The molecule has 2 N–H and O–H groups in total. The smallest absolute Gasteiger partial charge is 0.330 e. The molecule has 13 heteroatoms. The van der Waals surface area contributed by atoms with Crippen molar-refractivity contribution in [1.82, 2.24) is 14.6 Å². The Morgan fingerprint density at radius 3 is 2.28 bits per heavy atom. The number of aromatic amines is 1. The molecule has 0 aliphatic carbocycles. The molecule has 3 rings (SSSR count). The molecule has 0 bridgehead atoms. The first-order chi connectivity index (χ1) is 21.7. The van der Waals surface area contributed by atoms with E-state index in [4.69, 9.17) is 23.8 Å². The molecule has 256 valence electrons. The van der Waals surface area contributed by atoms with Crippen LogP contribution in [-0.4, -0.2) is 68.3 Å². The van der Waals surface area contributed by atoms with Crippen molar-refractivity contribution in [2.24, 2.45) is 0 Å². The van der Waals surface area contributed by atoms with Crippen LogP contribution in [0.25, 0.3) is 0 Å². The molecule has 0 spiro atoms. The standard InChI is InChI=1S/C34H50N4O7Si2/c1-12-27(39)38(21-24-17-14-13-15-18-24)42-20-16-19-25-22-37(32(41)36-30(25)40)31-28(35)29(45-47(10,11)34(5,6)7)26(44-31)23-43-46(8,9)33(2,3)4/h12-15,17-18,22,26,29,31,35H,1,20-21,23H2,2-11H3,(H,36,40,41)/t26-,29-,31-/m1/s1. The summed E-state index contributed by atoms with van der Waals surface area (Å²) < 4.78 is 20.7. The summed E-state index contributed by atoms with van der Waals surface area (Å²) in [6, 6.07) is 9.29. The largest absolute Gasteiger partial charge is 0.414 e. The minimum absolute atomic E-state index is 0.0305. The van der Waals surface area contributed by atoms with Gasteiger partial charge in [0.05, 0.1) is 18.9 Å². The summed E-state index contributed by atoms with van der Waals surface area (Å²) in [5.74, 6) is 5.02. The van der Waals surface area contributed by atoms with Gasteiger partial charge in [-0.05, 0) is 47.9 Å². The van der Waals surface area contributed by atoms with E-state index in [0.717, 1.165) is 21.3 Å². The minimum Gasteiger partial charge on any atom is -0.414 e. The molecule has 2 aromatic rings. The average molecular weight is 683 g/mol. The Hall–Kier alpha value is -3.39. The van der Waals surface area contributed by atoms with Crippen molar-refractivity contribution in [2.45, 2.75) is 103 Å². The second-order valence-electron chi connectivity index (χ2n) is 14.7. The summed E-state index contributed by atoms with van der Waals surface area (Å²) >= 11 is 0. The first kappa shape index (κ1) is 38.1. The third-order valence-electron chi connectivity index (χ3n) is 9.18. The molecule has 11 nitrogen and oxygen atoms in total. The highest BCUT2D eigenvalue weighted by atomic mass is 28.4. The monoisotopic (exact) mass is 682 g/mol. The number of carbonyl (C=O) groups is 1. The van der Waals surface area contributed by atoms with E-state index >= 15 is 0 Å². The molecule has 1 saturated heterocycles. The molecule has 0 unspecified atom stereocenters.